The predicted molar refractivity (Wildman–Crippen MR) is 91.1 cm³/mol. The smallest absolute Gasteiger partial charge is 0.240 e. The second-order valence-corrected chi connectivity index (χ2v) is 6.94. The third kappa shape index (κ3) is 3.72. The second-order valence-electron chi connectivity index (χ2n) is 6.08. The van der Waals surface area contributed by atoms with Crippen molar-refractivity contribution < 1.29 is 4.79 Å². The number of thiazole rings is 1. The number of nitrogens with zero attached hydrogens (tertiary/aromatic N) is 2. The highest BCUT2D eigenvalue weighted by Gasteiger charge is 2.21. The number of nitrogens with one attached hydrogen (secondary N) is 1. The molecule has 1 fully saturated rings. The summed E-state index contributed by atoms with van der Waals surface area (Å²) in [5.74, 6) is 0.722. The van der Waals surface area contributed by atoms with Gasteiger partial charge in [0.25, 0.3) is 0 Å². The van der Waals surface area contributed by atoms with Gasteiger partial charge in [0.1, 0.15) is 0 Å². The van der Waals surface area contributed by atoms with E-state index in [1.165, 1.54) is 23.3 Å². The average molecular weight is 315 g/mol. The van der Waals surface area contributed by atoms with Crippen LogP contribution in [0.3, 0.4) is 0 Å². The van der Waals surface area contributed by atoms with E-state index in [2.05, 4.69) is 53.3 Å². The minimum absolute atomic E-state index is 0.0268. The lowest BCUT2D eigenvalue weighted by Crippen LogP contribution is -2.31. The van der Waals surface area contributed by atoms with Gasteiger partial charge in [-0.15, -0.1) is 11.3 Å². The van der Waals surface area contributed by atoms with E-state index in [0.717, 1.165) is 24.3 Å². The van der Waals surface area contributed by atoms with Crippen LogP contribution in [0.1, 0.15) is 18.9 Å². The third-order valence-corrected chi connectivity index (χ3v) is 4.73. The number of benzene rings is 1. The van der Waals surface area contributed by atoms with Gasteiger partial charge in [-0.1, -0.05) is 36.8 Å². The van der Waals surface area contributed by atoms with Crippen molar-refractivity contribution in [2.75, 3.05) is 25.0 Å². The first kappa shape index (κ1) is 15.2. The molecule has 1 aliphatic heterocycles. The lowest BCUT2D eigenvalue weighted by atomic mass is 10.1. The highest BCUT2D eigenvalue weighted by molar-refractivity contribution is 7.14. The average Bonchev–Trinajstić information content (AvgIpc) is 3.09. The lowest BCUT2D eigenvalue weighted by Gasteiger charge is -2.13. The van der Waals surface area contributed by atoms with Gasteiger partial charge in [-0.05, 0) is 25.8 Å². The molecule has 0 bridgehead atoms. The standard InChI is InChI=1S/C17H21N3OS/c1-12-3-5-14(6-4-12)15-11-22-17(18-15)19-16(21)10-20-8-7-13(2)9-20/h3-6,11,13H,7-10H2,1-2H3,(H,18,19,21). The zero-order chi connectivity index (χ0) is 15.5. The van der Waals surface area contributed by atoms with Crippen LogP contribution >= 0.6 is 11.3 Å². The van der Waals surface area contributed by atoms with Crippen molar-refractivity contribution in [3.63, 3.8) is 0 Å². The van der Waals surface area contributed by atoms with Crippen molar-refractivity contribution in [2.24, 2.45) is 5.92 Å². The van der Waals surface area contributed by atoms with Gasteiger partial charge in [0.05, 0.1) is 12.2 Å². The van der Waals surface area contributed by atoms with Crippen LogP contribution in [0.5, 0.6) is 0 Å². The van der Waals surface area contributed by atoms with Crippen LogP contribution in [-0.4, -0.2) is 35.4 Å². The number of aryl methyl sites for hydroxylation is 1. The molecule has 0 aliphatic carbocycles. The van der Waals surface area contributed by atoms with Crippen molar-refractivity contribution in [3.05, 3.63) is 35.2 Å². The molecule has 22 heavy (non-hydrogen) atoms. The molecule has 0 saturated carbocycles. The van der Waals surface area contributed by atoms with Gasteiger partial charge in [0.2, 0.25) is 5.91 Å². The van der Waals surface area contributed by atoms with E-state index in [1.807, 2.05) is 5.38 Å². The maximum atomic E-state index is 12.1. The molecule has 116 valence electrons. The quantitative estimate of drug-likeness (QED) is 0.940. The normalized spacial score (nSPS) is 18.5. The van der Waals surface area contributed by atoms with E-state index in [4.69, 9.17) is 0 Å². The molecule has 1 saturated heterocycles. The largest absolute Gasteiger partial charge is 0.301 e. The van der Waals surface area contributed by atoms with Crippen molar-refractivity contribution in [3.8, 4) is 11.3 Å². The van der Waals surface area contributed by atoms with Crippen LogP contribution in [0.25, 0.3) is 11.3 Å². The van der Waals surface area contributed by atoms with Crippen LogP contribution in [0.2, 0.25) is 0 Å². The van der Waals surface area contributed by atoms with Gasteiger partial charge in [-0.25, -0.2) is 4.98 Å². The molecule has 2 heterocycles. The number of likely N-dealkylation sites (tertiary alicyclic amines) is 1. The van der Waals surface area contributed by atoms with E-state index in [0.29, 0.717) is 17.6 Å². The molecule has 1 aliphatic rings. The van der Waals surface area contributed by atoms with Crippen LogP contribution < -0.4 is 5.32 Å². The molecule has 1 N–H and O–H groups in total. The number of hydrogen-bond acceptors (Lipinski definition) is 4. The molecule has 1 unspecified atom stereocenters. The highest BCUT2D eigenvalue weighted by atomic mass is 32.1. The molecule has 3 rings (SSSR count). The maximum Gasteiger partial charge on any atom is 0.240 e. The Labute approximate surface area is 135 Å². The molecule has 2 aromatic rings. The first-order valence-electron chi connectivity index (χ1n) is 7.65. The summed E-state index contributed by atoms with van der Waals surface area (Å²) >= 11 is 1.47. The lowest BCUT2D eigenvalue weighted by molar-refractivity contribution is -0.117. The SMILES string of the molecule is Cc1ccc(-c2csc(NC(=O)CN3CCC(C)C3)n2)cc1. The van der Waals surface area contributed by atoms with Crippen molar-refractivity contribution in [1.82, 2.24) is 9.88 Å². The maximum absolute atomic E-state index is 12.1. The third-order valence-electron chi connectivity index (χ3n) is 3.97. The summed E-state index contributed by atoms with van der Waals surface area (Å²) in [6, 6.07) is 8.26. The Kier molecular flexibility index (Phi) is 4.55. The minimum Gasteiger partial charge on any atom is -0.301 e. The molecule has 1 aromatic carbocycles. The van der Waals surface area contributed by atoms with E-state index in [9.17, 15) is 4.79 Å². The Morgan fingerprint density at radius 2 is 2.18 bits per heavy atom. The van der Waals surface area contributed by atoms with Gasteiger partial charge < -0.3 is 5.32 Å². The monoisotopic (exact) mass is 315 g/mol. The van der Waals surface area contributed by atoms with Gasteiger partial charge in [-0.3, -0.25) is 9.69 Å². The minimum atomic E-state index is 0.0268. The fourth-order valence-electron chi connectivity index (χ4n) is 2.72. The first-order chi connectivity index (χ1) is 10.6. The zero-order valence-electron chi connectivity index (χ0n) is 13.0. The molecule has 4 nitrogen and oxygen atoms in total. The Morgan fingerprint density at radius 1 is 1.41 bits per heavy atom. The van der Waals surface area contributed by atoms with Crippen molar-refractivity contribution in [1.29, 1.82) is 0 Å². The number of anilines is 1. The molecule has 0 radical (unpaired) electrons. The summed E-state index contributed by atoms with van der Waals surface area (Å²) in [6.07, 6.45) is 1.18. The fraction of sp³-hybridized carbons (Fsp3) is 0.412. The van der Waals surface area contributed by atoms with Gasteiger partial charge >= 0.3 is 0 Å². The summed E-state index contributed by atoms with van der Waals surface area (Å²) in [7, 11) is 0. The number of aromatic nitrogens is 1. The second kappa shape index (κ2) is 6.58. The number of carbonyl (C=O) groups is 1. The predicted octanol–water partition coefficient (Wildman–Crippen LogP) is 3.40. The first-order valence-corrected chi connectivity index (χ1v) is 8.53. The van der Waals surface area contributed by atoms with Gasteiger partial charge in [0, 0.05) is 17.5 Å². The fourth-order valence-corrected chi connectivity index (χ4v) is 3.46. The Morgan fingerprint density at radius 3 is 2.86 bits per heavy atom. The number of carbonyl (C=O) groups excluding carboxylic acids is 1. The van der Waals surface area contributed by atoms with Gasteiger partial charge in [-0.2, -0.15) is 0 Å². The van der Waals surface area contributed by atoms with E-state index >= 15 is 0 Å². The van der Waals surface area contributed by atoms with Crippen LogP contribution in [0.4, 0.5) is 5.13 Å². The van der Waals surface area contributed by atoms with E-state index in [-0.39, 0.29) is 5.91 Å². The molecule has 5 heteroatoms. The summed E-state index contributed by atoms with van der Waals surface area (Å²) in [5.41, 5.74) is 3.22. The summed E-state index contributed by atoms with van der Waals surface area (Å²) < 4.78 is 0. The van der Waals surface area contributed by atoms with Crippen LogP contribution in [-0.2, 0) is 4.79 Å². The van der Waals surface area contributed by atoms with Gasteiger partial charge in [0.15, 0.2) is 5.13 Å². The molecule has 1 atom stereocenters. The number of amides is 1. The number of rotatable bonds is 4. The highest BCUT2D eigenvalue weighted by Crippen LogP contribution is 2.25. The Bertz CT molecular complexity index is 650. The van der Waals surface area contributed by atoms with Crippen LogP contribution in [0.15, 0.2) is 29.6 Å². The zero-order valence-corrected chi connectivity index (χ0v) is 13.8. The topological polar surface area (TPSA) is 45.2 Å². The van der Waals surface area contributed by atoms with E-state index < -0.39 is 0 Å². The Balaban J connectivity index is 1.59. The summed E-state index contributed by atoms with van der Waals surface area (Å²) in [4.78, 5) is 18.8. The molecule has 1 amide bonds. The molecule has 1 aromatic heterocycles. The van der Waals surface area contributed by atoms with Crippen molar-refractivity contribution >= 4 is 22.4 Å². The Hall–Kier alpha value is -1.72. The van der Waals surface area contributed by atoms with Crippen LogP contribution in [0, 0.1) is 12.8 Å². The molecular weight excluding hydrogens is 294 g/mol. The molecular formula is C17H21N3OS. The molecule has 0 spiro atoms. The number of hydrogen-bond donors (Lipinski definition) is 1. The van der Waals surface area contributed by atoms with E-state index in [1.54, 1.807) is 0 Å². The van der Waals surface area contributed by atoms with Crippen molar-refractivity contribution in [2.45, 2.75) is 20.3 Å². The summed E-state index contributed by atoms with van der Waals surface area (Å²) in [5, 5.41) is 5.57. The summed E-state index contributed by atoms with van der Waals surface area (Å²) in [6.45, 7) is 6.78.